The zero-order valence-corrected chi connectivity index (χ0v) is 15.6. The van der Waals surface area contributed by atoms with Crippen LogP contribution in [-0.2, 0) is 0 Å². The van der Waals surface area contributed by atoms with Crippen LogP contribution in [0.1, 0.15) is 22.3 Å². The predicted octanol–water partition coefficient (Wildman–Crippen LogP) is 4.27. The van der Waals surface area contributed by atoms with Gasteiger partial charge in [0.25, 0.3) is 0 Å². The Kier molecular flexibility index (Phi) is 4.98. The molecule has 0 radical (unpaired) electrons. The fourth-order valence-electron chi connectivity index (χ4n) is 3.24. The van der Waals surface area contributed by atoms with Crippen molar-refractivity contribution in [3.8, 4) is 0 Å². The predicted molar refractivity (Wildman–Crippen MR) is 105 cm³/mol. The number of anilines is 2. The summed E-state index contributed by atoms with van der Waals surface area (Å²) in [6.45, 7) is 11.6. The molecule has 132 valence electrons. The average molecular weight is 337 g/mol. The Bertz CT molecular complexity index is 777. The molecule has 1 saturated heterocycles. The lowest BCUT2D eigenvalue weighted by molar-refractivity contribution is 0.208. The summed E-state index contributed by atoms with van der Waals surface area (Å²) in [6.07, 6.45) is 0. The number of nitrogens with one attached hydrogen (secondary N) is 1. The number of urea groups is 1. The molecule has 2 aromatic rings. The van der Waals surface area contributed by atoms with E-state index in [1.807, 2.05) is 24.0 Å². The second-order valence-corrected chi connectivity index (χ2v) is 6.99. The first-order valence-electron chi connectivity index (χ1n) is 8.89. The maximum atomic E-state index is 12.5. The van der Waals surface area contributed by atoms with E-state index in [1.165, 1.54) is 22.4 Å². The fraction of sp³-hybridized carbons (Fsp3) is 0.381. The van der Waals surface area contributed by atoms with Gasteiger partial charge < -0.3 is 15.1 Å². The van der Waals surface area contributed by atoms with Crippen molar-refractivity contribution in [2.45, 2.75) is 27.7 Å². The number of piperazine rings is 1. The Hall–Kier alpha value is -2.49. The number of hydrogen-bond acceptors (Lipinski definition) is 2. The highest BCUT2D eigenvalue weighted by atomic mass is 16.2. The minimum absolute atomic E-state index is 0.00769. The Morgan fingerprint density at radius 2 is 1.56 bits per heavy atom. The molecule has 4 heteroatoms. The minimum atomic E-state index is -0.00769. The van der Waals surface area contributed by atoms with Crippen LogP contribution in [0, 0.1) is 27.7 Å². The van der Waals surface area contributed by atoms with Crippen LogP contribution in [0.2, 0.25) is 0 Å². The zero-order chi connectivity index (χ0) is 18.0. The highest BCUT2D eigenvalue weighted by Gasteiger charge is 2.21. The second kappa shape index (κ2) is 7.18. The van der Waals surface area contributed by atoms with E-state index >= 15 is 0 Å². The van der Waals surface area contributed by atoms with Crippen molar-refractivity contribution in [2.24, 2.45) is 0 Å². The molecule has 4 nitrogen and oxygen atoms in total. The van der Waals surface area contributed by atoms with Gasteiger partial charge in [-0.3, -0.25) is 0 Å². The molecule has 0 unspecified atom stereocenters. The van der Waals surface area contributed by atoms with Gasteiger partial charge in [0.05, 0.1) is 0 Å². The third-order valence-corrected chi connectivity index (χ3v) is 5.05. The van der Waals surface area contributed by atoms with E-state index in [4.69, 9.17) is 0 Å². The molecule has 1 aliphatic heterocycles. The zero-order valence-electron chi connectivity index (χ0n) is 15.6. The molecule has 2 amide bonds. The van der Waals surface area contributed by atoms with Crippen molar-refractivity contribution in [3.63, 3.8) is 0 Å². The molecule has 0 aliphatic carbocycles. The Morgan fingerprint density at radius 1 is 0.840 bits per heavy atom. The SMILES string of the molecule is Cc1ccc(NC(=O)N2CCN(c3ccc(C)c(C)c3)CC2)c(C)c1. The van der Waals surface area contributed by atoms with Crippen molar-refractivity contribution in [2.75, 3.05) is 36.4 Å². The van der Waals surface area contributed by atoms with Gasteiger partial charge in [0.2, 0.25) is 0 Å². The molecule has 0 aromatic heterocycles. The van der Waals surface area contributed by atoms with Crippen molar-refractivity contribution in [1.29, 1.82) is 0 Å². The van der Waals surface area contributed by atoms with E-state index < -0.39 is 0 Å². The lowest BCUT2D eigenvalue weighted by atomic mass is 10.1. The fourth-order valence-corrected chi connectivity index (χ4v) is 3.24. The van der Waals surface area contributed by atoms with E-state index in [0.717, 1.165) is 37.4 Å². The molecular formula is C21H27N3O. The number of aryl methyl sites for hydroxylation is 4. The summed E-state index contributed by atoms with van der Waals surface area (Å²) in [5.41, 5.74) is 7.08. The largest absolute Gasteiger partial charge is 0.368 e. The molecule has 1 aliphatic rings. The third-order valence-electron chi connectivity index (χ3n) is 5.05. The summed E-state index contributed by atoms with van der Waals surface area (Å²) in [5, 5.41) is 3.05. The summed E-state index contributed by atoms with van der Waals surface area (Å²) < 4.78 is 0. The van der Waals surface area contributed by atoms with Gasteiger partial charge >= 0.3 is 6.03 Å². The topological polar surface area (TPSA) is 35.6 Å². The van der Waals surface area contributed by atoms with Gasteiger partial charge in [-0.25, -0.2) is 4.79 Å². The van der Waals surface area contributed by atoms with Gasteiger partial charge in [-0.15, -0.1) is 0 Å². The monoisotopic (exact) mass is 337 g/mol. The number of benzene rings is 2. The van der Waals surface area contributed by atoms with Crippen LogP contribution >= 0.6 is 0 Å². The normalized spacial score (nSPS) is 14.6. The Balaban J connectivity index is 1.59. The van der Waals surface area contributed by atoms with Gasteiger partial charge in [-0.2, -0.15) is 0 Å². The van der Waals surface area contributed by atoms with Crippen molar-refractivity contribution in [3.05, 3.63) is 58.7 Å². The summed E-state index contributed by atoms with van der Waals surface area (Å²) in [4.78, 5) is 16.8. The molecular weight excluding hydrogens is 310 g/mol. The first-order valence-corrected chi connectivity index (χ1v) is 8.89. The lowest BCUT2D eigenvalue weighted by Crippen LogP contribution is -2.50. The van der Waals surface area contributed by atoms with Crippen LogP contribution in [0.4, 0.5) is 16.2 Å². The molecule has 1 heterocycles. The minimum Gasteiger partial charge on any atom is -0.368 e. The van der Waals surface area contributed by atoms with Gasteiger partial charge in [-0.1, -0.05) is 23.8 Å². The van der Waals surface area contributed by atoms with Crippen LogP contribution in [0.15, 0.2) is 36.4 Å². The van der Waals surface area contributed by atoms with Crippen LogP contribution in [0.3, 0.4) is 0 Å². The van der Waals surface area contributed by atoms with Crippen LogP contribution in [0.5, 0.6) is 0 Å². The van der Waals surface area contributed by atoms with E-state index in [0.29, 0.717) is 0 Å². The van der Waals surface area contributed by atoms with Crippen LogP contribution in [0.25, 0.3) is 0 Å². The van der Waals surface area contributed by atoms with Gasteiger partial charge in [0.1, 0.15) is 0 Å². The van der Waals surface area contributed by atoms with E-state index in [9.17, 15) is 4.79 Å². The molecule has 3 rings (SSSR count). The standard InChI is InChI=1S/C21H27N3O/c1-15-5-8-20(18(4)13-15)22-21(25)24-11-9-23(10-12-24)19-7-6-16(2)17(3)14-19/h5-8,13-14H,9-12H2,1-4H3,(H,22,25). The first kappa shape index (κ1) is 17.3. The summed E-state index contributed by atoms with van der Waals surface area (Å²) in [6, 6.07) is 12.7. The molecule has 2 aromatic carbocycles. The maximum Gasteiger partial charge on any atom is 0.321 e. The van der Waals surface area contributed by atoms with E-state index in [2.05, 4.69) is 55.3 Å². The number of amides is 2. The number of hydrogen-bond donors (Lipinski definition) is 1. The van der Waals surface area contributed by atoms with Gasteiger partial charge in [-0.05, 0) is 62.6 Å². The first-order chi connectivity index (χ1) is 11.9. The number of rotatable bonds is 2. The molecule has 0 spiro atoms. The highest BCUT2D eigenvalue weighted by Crippen LogP contribution is 2.21. The van der Waals surface area contributed by atoms with E-state index in [-0.39, 0.29) is 6.03 Å². The number of carbonyl (C=O) groups is 1. The summed E-state index contributed by atoms with van der Waals surface area (Å²) in [7, 11) is 0. The van der Waals surface area contributed by atoms with Gasteiger partial charge in [0, 0.05) is 37.6 Å². The molecule has 1 fully saturated rings. The van der Waals surface area contributed by atoms with E-state index in [1.54, 1.807) is 0 Å². The number of nitrogens with zero attached hydrogens (tertiary/aromatic N) is 2. The second-order valence-electron chi connectivity index (χ2n) is 6.99. The summed E-state index contributed by atoms with van der Waals surface area (Å²) in [5.74, 6) is 0. The van der Waals surface area contributed by atoms with Crippen LogP contribution in [-0.4, -0.2) is 37.1 Å². The molecule has 0 atom stereocenters. The third kappa shape index (κ3) is 3.95. The maximum absolute atomic E-state index is 12.5. The highest BCUT2D eigenvalue weighted by molar-refractivity contribution is 5.90. The lowest BCUT2D eigenvalue weighted by Gasteiger charge is -2.36. The van der Waals surface area contributed by atoms with Crippen LogP contribution < -0.4 is 10.2 Å². The Labute approximate surface area is 150 Å². The van der Waals surface area contributed by atoms with Gasteiger partial charge in [0.15, 0.2) is 0 Å². The summed E-state index contributed by atoms with van der Waals surface area (Å²) >= 11 is 0. The van der Waals surface area contributed by atoms with Crippen molar-refractivity contribution in [1.82, 2.24) is 4.90 Å². The smallest absolute Gasteiger partial charge is 0.321 e. The molecule has 0 saturated carbocycles. The Morgan fingerprint density at radius 3 is 2.20 bits per heavy atom. The average Bonchev–Trinajstić information content (AvgIpc) is 2.60. The number of carbonyl (C=O) groups excluding carboxylic acids is 1. The molecule has 1 N–H and O–H groups in total. The molecule has 0 bridgehead atoms. The van der Waals surface area contributed by atoms with Crippen molar-refractivity contribution >= 4 is 17.4 Å². The van der Waals surface area contributed by atoms with Crippen molar-refractivity contribution < 1.29 is 4.79 Å². The quantitative estimate of drug-likeness (QED) is 0.888. The molecule has 25 heavy (non-hydrogen) atoms.